The van der Waals surface area contributed by atoms with E-state index in [1.807, 2.05) is 41.3 Å². The maximum absolute atomic E-state index is 13.2. The quantitative estimate of drug-likeness (QED) is 0.549. The van der Waals surface area contributed by atoms with E-state index in [1.54, 1.807) is 13.3 Å². The molecule has 32 heavy (non-hydrogen) atoms. The van der Waals surface area contributed by atoms with Gasteiger partial charge in [0.1, 0.15) is 6.10 Å². The molecule has 1 aromatic carbocycles. The largest absolute Gasteiger partial charge is 0.493 e. The maximum Gasteiger partial charge on any atom is 0.252 e. The molecule has 1 saturated heterocycles. The van der Waals surface area contributed by atoms with Crippen molar-refractivity contribution < 1.29 is 19.0 Å². The Morgan fingerprint density at radius 1 is 1.03 bits per heavy atom. The molecule has 1 amide bonds. The summed E-state index contributed by atoms with van der Waals surface area (Å²) in [5, 5.41) is 0. The number of aromatic nitrogens is 1. The zero-order valence-corrected chi connectivity index (χ0v) is 19.0. The number of carbonyl (C=O) groups excluding carboxylic acids is 1. The van der Waals surface area contributed by atoms with Crippen molar-refractivity contribution in [2.75, 3.05) is 13.7 Å². The molecule has 0 N–H and O–H groups in total. The third-order valence-electron chi connectivity index (χ3n) is 6.29. The number of hydrogen-bond acceptors (Lipinski definition) is 5. The van der Waals surface area contributed by atoms with Gasteiger partial charge in [0.2, 0.25) is 0 Å². The van der Waals surface area contributed by atoms with Crippen LogP contribution < -0.4 is 9.47 Å². The SMILES string of the molecule is COc1cc(CN(Cc2ccccn2)C(=O)[C@H]2CCCO2)ccc1OC1CCCCCC1. The van der Waals surface area contributed by atoms with Gasteiger partial charge in [0.05, 0.1) is 25.5 Å². The minimum Gasteiger partial charge on any atom is -0.493 e. The standard InChI is InChI=1S/C26H34N2O4/c1-30-25-17-20(13-14-23(25)32-22-10-4-2-3-5-11-22)18-28(19-21-9-6-7-15-27-21)26(29)24-12-8-16-31-24/h6-7,9,13-15,17,22,24H,2-5,8,10-12,16,18-19H2,1H3/t24-/m1/s1. The molecule has 1 aliphatic heterocycles. The van der Waals surface area contributed by atoms with E-state index in [0.717, 1.165) is 42.7 Å². The zero-order valence-electron chi connectivity index (χ0n) is 19.0. The second-order valence-corrected chi connectivity index (χ2v) is 8.73. The summed E-state index contributed by atoms with van der Waals surface area (Å²) >= 11 is 0. The average molecular weight is 439 g/mol. The van der Waals surface area contributed by atoms with E-state index in [1.165, 1.54) is 25.7 Å². The molecule has 4 rings (SSSR count). The average Bonchev–Trinajstić information content (AvgIpc) is 3.25. The van der Waals surface area contributed by atoms with Crippen LogP contribution in [0.1, 0.15) is 62.6 Å². The highest BCUT2D eigenvalue weighted by Crippen LogP contribution is 2.32. The van der Waals surface area contributed by atoms with Crippen molar-refractivity contribution in [3.8, 4) is 11.5 Å². The Morgan fingerprint density at radius 3 is 2.56 bits per heavy atom. The number of amides is 1. The van der Waals surface area contributed by atoms with Crippen molar-refractivity contribution in [2.24, 2.45) is 0 Å². The van der Waals surface area contributed by atoms with E-state index in [-0.39, 0.29) is 18.1 Å². The number of hydrogen-bond donors (Lipinski definition) is 0. The molecule has 2 aromatic rings. The van der Waals surface area contributed by atoms with Crippen LogP contribution in [-0.2, 0) is 22.6 Å². The van der Waals surface area contributed by atoms with Crippen molar-refractivity contribution in [1.82, 2.24) is 9.88 Å². The first kappa shape index (κ1) is 22.6. The lowest BCUT2D eigenvalue weighted by Crippen LogP contribution is -2.38. The lowest BCUT2D eigenvalue weighted by Gasteiger charge is -2.26. The van der Waals surface area contributed by atoms with Crippen molar-refractivity contribution in [1.29, 1.82) is 0 Å². The summed E-state index contributed by atoms with van der Waals surface area (Å²) in [5.74, 6) is 1.52. The van der Waals surface area contributed by atoms with Crippen LogP contribution in [0.4, 0.5) is 0 Å². The van der Waals surface area contributed by atoms with E-state index < -0.39 is 0 Å². The molecule has 2 heterocycles. The van der Waals surface area contributed by atoms with Gasteiger partial charge in [-0.2, -0.15) is 0 Å². The van der Waals surface area contributed by atoms with E-state index in [0.29, 0.717) is 25.4 Å². The molecule has 172 valence electrons. The topological polar surface area (TPSA) is 60.9 Å². The monoisotopic (exact) mass is 438 g/mol. The van der Waals surface area contributed by atoms with Gasteiger partial charge in [0.25, 0.3) is 5.91 Å². The van der Waals surface area contributed by atoms with E-state index in [2.05, 4.69) is 4.98 Å². The minimum absolute atomic E-state index is 0.0194. The molecule has 0 spiro atoms. The van der Waals surface area contributed by atoms with Crippen molar-refractivity contribution in [3.05, 3.63) is 53.9 Å². The summed E-state index contributed by atoms with van der Waals surface area (Å²) in [4.78, 5) is 19.4. The molecule has 1 aliphatic carbocycles. The first-order valence-electron chi connectivity index (χ1n) is 11.9. The van der Waals surface area contributed by atoms with Gasteiger partial charge < -0.3 is 19.1 Å². The maximum atomic E-state index is 13.2. The molecular weight excluding hydrogens is 404 g/mol. The summed E-state index contributed by atoms with van der Waals surface area (Å²) < 4.78 is 17.6. The Hall–Kier alpha value is -2.60. The Morgan fingerprint density at radius 2 is 1.88 bits per heavy atom. The van der Waals surface area contributed by atoms with Gasteiger partial charge in [-0.15, -0.1) is 0 Å². The zero-order chi connectivity index (χ0) is 22.2. The van der Waals surface area contributed by atoms with Crippen LogP contribution in [0.2, 0.25) is 0 Å². The Kier molecular flexibility index (Phi) is 7.99. The van der Waals surface area contributed by atoms with E-state index in [9.17, 15) is 4.79 Å². The normalized spacial score (nSPS) is 19.3. The molecule has 0 bridgehead atoms. The molecule has 6 heteroatoms. The van der Waals surface area contributed by atoms with Gasteiger partial charge >= 0.3 is 0 Å². The molecule has 1 aromatic heterocycles. The lowest BCUT2D eigenvalue weighted by molar-refractivity contribution is -0.142. The number of carbonyl (C=O) groups is 1. The minimum atomic E-state index is -0.363. The van der Waals surface area contributed by atoms with Crippen LogP contribution >= 0.6 is 0 Å². The molecule has 0 unspecified atom stereocenters. The number of benzene rings is 1. The number of rotatable bonds is 8. The summed E-state index contributed by atoms with van der Waals surface area (Å²) in [7, 11) is 1.67. The predicted octanol–water partition coefficient (Wildman–Crippen LogP) is 4.90. The van der Waals surface area contributed by atoms with Crippen LogP contribution in [0.3, 0.4) is 0 Å². The Balaban J connectivity index is 1.49. The summed E-state index contributed by atoms with van der Waals surface area (Å²) in [6.45, 7) is 1.56. The smallest absolute Gasteiger partial charge is 0.252 e. The van der Waals surface area contributed by atoms with Gasteiger partial charge in [-0.1, -0.05) is 25.0 Å². The third kappa shape index (κ3) is 6.00. The van der Waals surface area contributed by atoms with Gasteiger partial charge in [0.15, 0.2) is 11.5 Å². The van der Waals surface area contributed by atoms with E-state index >= 15 is 0 Å². The fraction of sp³-hybridized carbons (Fsp3) is 0.538. The van der Waals surface area contributed by atoms with Crippen LogP contribution in [0, 0.1) is 0 Å². The number of methoxy groups -OCH3 is 1. The highest BCUT2D eigenvalue weighted by Gasteiger charge is 2.29. The highest BCUT2D eigenvalue weighted by atomic mass is 16.5. The molecule has 6 nitrogen and oxygen atoms in total. The van der Waals surface area contributed by atoms with Crippen molar-refractivity contribution in [2.45, 2.75) is 76.7 Å². The molecule has 1 atom stereocenters. The number of nitrogens with zero attached hydrogens (tertiary/aromatic N) is 2. The van der Waals surface area contributed by atoms with Crippen LogP contribution in [0.25, 0.3) is 0 Å². The van der Waals surface area contributed by atoms with Crippen molar-refractivity contribution >= 4 is 5.91 Å². The fourth-order valence-electron chi connectivity index (χ4n) is 4.54. The van der Waals surface area contributed by atoms with Gasteiger partial charge in [-0.25, -0.2) is 0 Å². The first-order valence-corrected chi connectivity index (χ1v) is 11.9. The molecule has 1 saturated carbocycles. The summed E-state index contributed by atoms with van der Waals surface area (Å²) in [5.41, 5.74) is 1.86. The predicted molar refractivity (Wildman–Crippen MR) is 123 cm³/mol. The molecule has 2 fully saturated rings. The summed E-state index contributed by atoms with van der Waals surface area (Å²) in [6.07, 6.45) is 10.6. The Bertz CT molecular complexity index is 859. The summed E-state index contributed by atoms with van der Waals surface area (Å²) in [6, 6.07) is 11.8. The van der Waals surface area contributed by atoms with Crippen LogP contribution in [-0.4, -0.2) is 41.7 Å². The van der Waals surface area contributed by atoms with Crippen LogP contribution in [0.5, 0.6) is 11.5 Å². The van der Waals surface area contributed by atoms with E-state index in [4.69, 9.17) is 14.2 Å². The highest BCUT2D eigenvalue weighted by molar-refractivity contribution is 5.81. The Labute approximate surface area is 190 Å². The van der Waals surface area contributed by atoms with Crippen molar-refractivity contribution in [3.63, 3.8) is 0 Å². The molecule has 0 radical (unpaired) electrons. The fourth-order valence-corrected chi connectivity index (χ4v) is 4.54. The first-order chi connectivity index (χ1) is 15.7. The lowest BCUT2D eigenvalue weighted by atomic mass is 10.1. The van der Waals surface area contributed by atoms with Gasteiger partial charge in [0, 0.05) is 19.3 Å². The van der Waals surface area contributed by atoms with Gasteiger partial charge in [-0.05, 0) is 68.4 Å². The second-order valence-electron chi connectivity index (χ2n) is 8.73. The van der Waals surface area contributed by atoms with Crippen LogP contribution in [0.15, 0.2) is 42.6 Å². The number of pyridine rings is 1. The molecular formula is C26H34N2O4. The van der Waals surface area contributed by atoms with Gasteiger partial charge in [-0.3, -0.25) is 9.78 Å². The molecule has 2 aliphatic rings. The second kappa shape index (κ2) is 11.3. The number of ether oxygens (including phenoxy) is 3. The third-order valence-corrected chi connectivity index (χ3v) is 6.29.